The molecule has 3 aliphatic carbocycles. The maximum Gasteiger partial charge on any atom is 0.530 e. The summed E-state index contributed by atoms with van der Waals surface area (Å²) in [5.41, 5.74) is 0.156. The number of phosphoric acid groups is 1. The molecule has 7 aliphatic rings. The molecular weight excluding hydrogens is 603 g/mol. The van der Waals surface area contributed by atoms with Crippen LogP contribution in [-0.2, 0) is 46.9 Å². The summed E-state index contributed by atoms with van der Waals surface area (Å²) in [5, 5.41) is 0. The molecule has 242 valence electrons. The maximum absolute atomic E-state index is 13.5. The first-order valence-electron chi connectivity index (χ1n) is 16.0. The number of carbonyl (C=O) groups excluding carboxylic acids is 2. The predicted molar refractivity (Wildman–Crippen MR) is 158 cm³/mol. The average Bonchev–Trinajstić information content (AvgIpc) is 3.91. The van der Waals surface area contributed by atoms with Crippen LogP contribution >= 0.6 is 7.82 Å². The van der Waals surface area contributed by atoms with Crippen molar-refractivity contribution in [3.63, 3.8) is 0 Å². The number of ether oxygens (including phenoxy) is 5. The van der Waals surface area contributed by atoms with Gasteiger partial charge in [-0.1, -0.05) is 32.9 Å². The van der Waals surface area contributed by atoms with Crippen molar-refractivity contribution >= 4 is 25.8 Å². The third kappa shape index (κ3) is 3.85. The number of esters is 2. The van der Waals surface area contributed by atoms with Crippen molar-refractivity contribution in [3.8, 4) is 5.75 Å². The minimum absolute atomic E-state index is 0.0645. The number of cyclic esters (lactones) is 1. The number of carbonyl (C=O) groups is 2. The highest BCUT2D eigenvalue weighted by atomic mass is 31.2. The summed E-state index contributed by atoms with van der Waals surface area (Å²) in [5.74, 6) is -0.213. The summed E-state index contributed by atoms with van der Waals surface area (Å²) in [4.78, 5) is 25.9. The van der Waals surface area contributed by atoms with Crippen LogP contribution in [0.5, 0.6) is 5.75 Å². The van der Waals surface area contributed by atoms with E-state index < -0.39 is 36.7 Å². The van der Waals surface area contributed by atoms with E-state index in [1.807, 2.05) is 0 Å². The number of rotatable bonds is 10. The van der Waals surface area contributed by atoms with Crippen molar-refractivity contribution in [2.75, 3.05) is 19.8 Å². The standard InChI is InChI=1S/C33H39O11P/c1-6-38-45(36,39-7-2)44-20-11-8-19(9-12-20)10-13-25(34)40-29-31(18(3)4)26(42-31)27-33(43-27)30(5)15-14-21-22(17-37-28(21)35)23(30)16-24-32(29,33)41-24/h8-13,18,23-24,26-27,29H,6-7,14-17H2,1-5H3/b13-10+/t23-,24-,26-,27-,29+,30-,31-,32+,33+/m0/s1. The molecule has 0 N–H and O–H groups in total. The Kier molecular flexibility index (Phi) is 6.47. The van der Waals surface area contributed by atoms with Crippen LogP contribution in [0.2, 0.25) is 0 Å². The number of phosphoric ester groups is 1. The van der Waals surface area contributed by atoms with Crippen molar-refractivity contribution in [2.24, 2.45) is 17.3 Å². The molecule has 5 fully saturated rings. The van der Waals surface area contributed by atoms with Gasteiger partial charge >= 0.3 is 19.8 Å². The molecule has 0 aromatic heterocycles. The Labute approximate surface area is 262 Å². The lowest BCUT2D eigenvalue weighted by atomic mass is 9.46. The fourth-order valence-corrected chi connectivity index (χ4v) is 10.5. The highest BCUT2D eigenvalue weighted by molar-refractivity contribution is 7.48. The summed E-state index contributed by atoms with van der Waals surface area (Å²) in [6.45, 7) is 10.5. The van der Waals surface area contributed by atoms with E-state index in [0.29, 0.717) is 18.8 Å². The molecule has 2 spiro atoms. The second kappa shape index (κ2) is 9.75. The fraction of sp³-hybridized carbons (Fsp3) is 0.636. The van der Waals surface area contributed by atoms with Crippen molar-refractivity contribution in [1.82, 2.24) is 0 Å². The van der Waals surface area contributed by atoms with Crippen LogP contribution in [0.25, 0.3) is 6.08 Å². The normalized spacial score (nSPS) is 41.7. The minimum atomic E-state index is -3.71. The van der Waals surface area contributed by atoms with Gasteiger partial charge < -0.3 is 28.2 Å². The molecule has 12 heteroatoms. The smallest absolute Gasteiger partial charge is 0.458 e. The van der Waals surface area contributed by atoms with Crippen LogP contribution < -0.4 is 4.52 Å². The van der Waals surface area contributed by atoms with Gasteiger partial charge in [-0.2, -0.15) is 0 Å². The summed E-state index contributed by atoms with van der Waals surface area (Å²) in [7, 11) is -3.71. The molecule has 1 aromatic carbocycles. The van der Waals surface area contributed by atoms with E-state index in [0.717, 1.165) is 29.6 Å². The van der Waals surface area contributed by atoms with Crippen LogP contribution in [0.15, 0.2) is 41.5 Å². The first-order chi connectivity index (χ1) is 21.5. The van der Waals surface area contributed by atoms with Crippen LogP contribution in [0.1, 0.15) is 59.4 Å². The third-order valence-corrected chi connectivity index (χ3v) is 13.0. The lowest BCUT2D eigenvalue weighted by molar-refractivity contribution is -0.163. The molecule has 45 heavy (non-hydrogen) atoms. The van der Waals surface area contributed by atoms with Crippen LogP contribution in [0, 0.1) is 17.3 Å². The van der Waals surface area contributed by atoms with Gasteiger partial charge in [0.2, 0.25) is 0 Å². The van der Waals surface area contributed by atoms with E-state index >= 15 is 0 Å². The Hall–Kier alpha value is -2.53. The molecule has 0 bridgehead atoms. The molecule has 0 unspecified atom stereocenters. The van der Waals surface area contributed by atoms with Gasteiger partial charge in [0.05, 0.1) is 19.3 Å². The fourth-order valence-electron chi connectivity index (χ4n) is 9.34. The Morgan fingerprint density at radius 3 is 2.51 bits per heavy atom. The quantitative estimate of drug-likeness (QED) is 0.149. The number of epoxide rings is 3. The summed E-state index contributed by atoms with van der Waals surface area (Å²) in [6, 6.07) is 6.74. The number of hydrogen-bond acceptors (Lipinski definition) is 11. The van der Waals surface area contributed by atoms with E-state index in [1.165, 1.54) is 6.08 Å². The molecule has 4 heterocycles. The Morgan fingerprint density at radius 1 is 1.09 bits per heavy atom. The number of benzene rings is 1. The molecular formula is C33H39O11P. The van der Waals surface area contributed by atoms with Crippen molar-refractivity contribution in [2.45, 2.75) is 95.1 Å². The zero-order valence-electron chi connectivity index (χ0n) is 26.1. The zero-order valence-corrected chi connectivity index (χ0v) is 27.0. The Balaban J connectivity index is 1.04. The molecule has 9 atom stereocenters. The second-order valence-electron chi connectivity index (χ2n) is 13.6. The van der Waals surface area contributed by atoms with Gasteiger partial charge in [0, 0.05) is 17.1 Å². The first kappa shape index (κ1) is 29.8. The van der Waals surface area contributed by atoms with Crippen LogP contribution in [0.3, 0.4) is 0 Å². The van der Waals surface area contributed by atoms with Crippen LogP contribution in [0.4, 0.5) is 0 Å². The van der Waals surface area contributed by atoms with Crippen LogP contribution in [-0.4, -0.2) is 73.0 Å². The number of fused-ring (bicyclic) bond motifs is 4. The monoisotopic (exact) mass is 642 g/mol. The molecule has 2 saturated carbocycles. The average molecular weight is 643 g/mol. The van der Waals surface area contributed by atoms with E-state index in [1.54, 1.807) is 44.2 Å². The molecule has 0 radical (unpaired) electrons. The summed E-state index contributed by atoms with van der Waals surface area (Å²) < 4.78 is 60.3. The van der Waals surface area contributed by atoms with E-state index in [-0.39, 0.29) is 54.7 Å². The van der Waals surface area contributed by atoms with E-state index in [9.17, 15) is 14.2 Å². The van der Waals surface area contributed by atoms with Gasteiger partial charge in [-0.3, -0.25) is 9.05 Å². The van der Waals surface area contributed by atoms with Gasteiger partial charge in [-0.25, -0.2) is 14.2 Å². The topological polar surface area (TPSA) is 135 Å². The third-order valence-electron chi connectivity index (χ3n) is 11.4. The summed E-state index contributed by atoms with van der Waals surface area (Å²) in [6.07, 6.45) is 4.03. The lowest BCUT2D eigenvalue weighted by Crippen LogP contribution is -2.70. The van der Waals surface area contributed by atoms with E-state index in [4.69, 9.17) is 37.3 Å². The second-order valence-corrected chi connectivity index (χ2v) is 15.2. The Morgan fingerprint density at radius 2 is 1.82 bits per heavy atom. The zero-order chi connectivity index (χ0) is 31.6. The van der Waals surface area contributed by atoms with Gasteiger partial charge in [0.15, 0.2) is 11.7 Å². The van der Waals surface area contributed by atoms with Crippen molar-refractivity contribution in [3.05, 3.63) is 47.1 Å². The minimum Gasteiger partial charge on any atom is -0.458 e. The van der Waals surface area contributed by atoms with Crippen molar-refractivity contribution < 1.29 is 51.4 Å². The molecule has 4 aliphatic heterocycles. The highest BCUT2D eigenvalue weighted by Gasteiger charge is 3.01. The highest BCUT2D eigenvalue weighted by Crippen LogP contribution is 2.83. The molecule has 3 saturated heterocycles. The van der Waals surface area contributed by atoms with Gasteiger partial charge in [0.1, 0.15) is 35.8 Å². The van der Waals surface area contributed by atoms with Gasteiger partial charge in [-0.15, -0.1) is 0 Å². The van der Waals surface area contributed by atoms with E-state index in [2.05, 4.69) is 20.8 Å². The van der Waals surface area contributed by atoms with Crippen molar-refractivity contribution in [1.29, 1.82) is 0 Å². The lowest BCUT2D eigenvalue weighted by Gasteiger charge is -2.53. The molecule has 1 aromatic rings. The Bertz CT molecular complexity index is 1560. The molecule has 0 amide bonds. The SMILES string of the molecule is CCOP(=O)(OCC)Oc1ccc(/C=C/C(=O)O[C@@H]2[C@@]3(C(C)C)O[C@H]3[C@@H]3O[C@]34[C@]23O[C@H]3C[C@H]2C3=C(CC[C@@]24C)C(=O)OC3)cc1. The first-order valence-corrected chi connectivity index (χ1v) is 17.5. The molecule has 11 nitrogen and oxygen atoms in total. The maximum atomic E-state index is 13.5. The van der Waals surface area contributed by atoms with Gasteiger partial charge in [-0.05, 0) is 74.3 Å². The summed E-state index contributed by atoms with van der Waals surface area (Å²) >= 11 is 0. The largest absolute Gasteiger partial charge is 0.530 e. The predicted octanol–water partition coefficient (Wildman–Crippen LogP) is 4.93. The number of hydrogen-bond donors (Lipinski definition) is 0. The molecule has 8 rings (SSSR count). The van der Waals surface area contributed by atoms with Gasteiger partial charge in [0.25, 0.3) is 0 Å².